The Labute approximate surface area is 142 Å². The highest BCUT2D eigenvalue weighted by Crippen LogP contribution is 2.11. The minimum Gasteiger partial charge on any atom is -0.497 e. The van der Waals surface area contributed by atoms with Crippen LogP contribution in [0.4, 0.5) is 5.82 Å². The van der Waals surface area contributed by atoms with Crippen LogP contribution in [-0.2, 0) is 6.54 Å². The molecule has 0 radical (unpaired) electrons. The highest BCUT2D eigenvalue weighted by Gasteiger charge is 2.07. The van der Waals surface area contributed by atoms with Crippen LogP contribution < -0.4 is 15.4 Å². The molecule has 0 aliphatic rings. The maximum Gasteiger partial charge on any atom is 0.271 e. The average molecular weight is 328 g/mol. The monoisotopic (exact) mass is 328 g/mol. The van der Waals surface area contributed by atoms with Gasteiger partial charge in [0.15, 0.2) is 0 Å². The molecular weight excluding hydrogens is 304 g/mol. The fourth-order valence-electron chi connectivity index (χ4n) is 2.14. The van der Waals surface area contributed by atoms with Gasteiger partial charge in [0, 0.05) is 13.1 Å². The third-order valence-electron chi connectivity index (χ3n) is 3.58. The van der Waals surface area contributed by atoms with E-state index in [9.17, 15) is 4.79 Å². The van der Waals surface area contributed by atoms with E-state index in [0.29, 0.717) is 18.1 Å². The van der Waals surface area contributed by atoms with Gasteiger partial charge in [0.1, 0.15) is 17.3 Å². The van der Waals surface area contributed by atoms with Crippen molar-refractivity contribution in [2.75, 3.05) is 19.0 Å². The summed E-state index contributed by atoms with van der Waals surface area (Å²) in [4.78, 5) is 20.5. The number of rotatable bonds is 9. The van der Waals surface area contributed by atoms with Gasteiger partial charge in [0.05, 0.1) is 19.5 Å². The molecular formula is C18H24N4O2. The molecule has 128 valence electrons. The number of nitrogens with one attached hydrogen (secondary N) is 2. The number of methoxy groups -OCH3 is 1. The van der Waals surface area contributed by atoms with E-state index in [4.69, 9.17) is 4.74 Å². The average Bonchev–Trinajstić information content (AvgIpc) is 2.64. The maximum absolute atomic E-state index is 12.1. The minimum atomic E-state index is -0.240. The third kappa shape index (κ3) is 5.53. The van der Waals surface area contributed by atoms with Gasteiger partial charge in [0.2, 0.25) is 0 Å². The lowest BCUT2D eigenvalue weighted by Crippen LogP contribution is -2.24. The van der Waals surface area contributed by atoms with Crippen LogP contribution in [0.1, 0.15) is 42.2 Å². The van der Waals surface area contributed by atoms with E-state index in [2.05, 4.69) is 27.5 Å². The molecule has 1 aromatic heterocycles. The predicted molar refractivity (Wildman–Crippen MR) is 94.2 cm³/mol. The number of aromatic nitrogens is 2. The van der Waals surface area contributed by atoms with Crippen molar-refractivity contribution in [1.82, 2.24) is 15.3 Å². The van der Waals surface area contributed by atoms with Crippen molar-refractivity contribution in [2.24, 2.45) is 0 Å². The summed E-state index contributed by atoms with van der Waals surface area (Å²) in [5.74, 6) is 1.24. The van der Waals surface area contributed by atoms with E-state index in [-0.39, 0.29) is 5.91 Å². The van der Waals surface area contributed by atoms with E-state index in [0.717, 1.165) is 24.3 Å². The SMILES string of the molecule is CCCCCNc1cnc(C(=O)NCc2ccc(OC)cc2)cn1. The predicted octanol–water partition coefficient (Wildman–Crippen LogP) is 3.02. The summed E-state index contributed by atoms with van der Waals surface area (Å²) in [6.45, 7) is 3.46. The number of benzene rings is 1. The van der Waals surface area contributed by atoms with Crippen LogP contribution in [0.2, 0.25) is 0 Å². The molecule has 1 heterocycles. The molecule has 1 aromatic carbocycles. The summed E-state index contributed by atoms with van der Waals surface area (Å²) in [5, 5.41) is 6.03. The number of amides is 1. The Morgan fingerprint density at radius 2 is 1.92 bits per heavy atom. The van der Waals surface area contributed by atoms with E-state index in [1.807, 2.05) is 24.3 Å². The number of hydrogen-bond acceptors (Lipinski definition) is 5. The molecule has 2 rings (SSSR count). The van der Waals surface area contributed by atoms with E-state index >= 15 is 0 Å². The fraction of sp³-hybridized carbons (Fsp3) is 0.389. The Bertz CT molecular complexity index is 626. The smallest absolute Gasteiger partial charge is 0.271 e. The second kappa shape index (κ2) is 9.50. The molecule has 0 unspecified atom stereocenters. The molecule has 0 bridgehead atoms. The molecule has 0 fully saturated rings. The van der Waals surface area contributed by atoms with Gasteiger partial charge in [-0.25, -0.2) is 9.97 Å². The largest absolute Gasteiger partial charge is 0.497 e. The third-order valence-corrected chi connectivity index (χ3v) is 3.58. The van der Waals surface area contributed by atoms with E-state index in [1.54, 1.807) is 13.3 Å². The molecule has 6 nitrogen and oxygen atoms in total. The standard InChI is InChI=1S/C18H24N4O2/c1-3-4-5-10-19-17-13-20-16(12-21-17)18(23)22-11-14-6-8-15(24-2)9-7-14/h6-9,12-13H,3-5,10-11H2,1-2H3,(H,19,21)(H,22,23). The van der Waals surface area contributed by atoms with Crippen molar-refractivity contribution >= 4 is 11.7 Å². The van der Waals surface area contributed by atoms with Crippen molar-refractivity contribution in [3.8, 4) is 5.75 Å². The molecule has 2 aromatic rings. The molecule has 0 saturated heterocycles. The Morgan fingerprint density at radius 3 is 2.54 bits per heavy atom. The van der Waals surface area contributed by atoms with E-state index < -0.39 is 0 Å². The first-order chi connectivity index (χ1) is 11.7. The summed E-state index contributed by atoms with van der Waals surface area (Å²) in [6.07, 6.45) is 6.55. The number of carbonyl (C=O) groups is 1. The van der Waals surface area contributed by atoms with Crippen LogP contribution in [0.15, 0.2) is 36.7 Å². The molecule has 6 heteroatoms. The second-order valence-electron chi connectivity index (χ2n) is 5.45. The second-order valence-corrected chi connectivity index (χ2v) is 5.45. The highest BCUT2D eigenvalue weighted by atomic mass is 16.5. The topological polar surface area (TPSA) is 76.1 Å². The minimum absolute atomic E-state index is 0.240. The van der Waals surface area contributed by atoms with Crippen molar-refractivity contribution in [1.29, 1.82) is 0 Å². The summed E-state index contributed by atoms with van der Waals surface area (Å²) in [5.41, 5.74) is 1.30. The van der Waals surface area contributed by atoms with Crippen LogP contribution >= 0.6 is 0 Å². The summed E-state index contributed by atoms with van der Waals surface area (Å²) in [7, 11) is 1.62. The Kier molecular flexibility index (Phi) is 7.01. The molecule has 0 saturated carbocycles. The molecule has 0 spiro atoms. The first-order valence-corrected chi connectivity index (χ1v) is 8.20. The zero-order valence-corrected chi connectivity index (χ0v) is 14.2. The van der Waals surface area contributed by atoms with Gasteiger partial charge < -0.3 is 15.4 Å². The number of nitrogens with zero attached hydrogens (tertiary/aromatic N) is 2. The Balaban J connectivity index is 1.81. The van der Waals surface area contributed by atoms with Crippen LogP contribution in [0, 0.1) is 0 Å². The Morgan fingerprint density at radius 1 is 1.12 bits per heavy atom. The molecule has 24 heavy (non-hydrogen) atoms. The first-order valence-electron chi connectivity index (χ1n) is 8.20. The van der Waals surface area contributed by atoms with Gasteiger partial charge >= 0.3 is 0 Å². The van der Waals surface area contributed by atoms with E-state index in [1.165, 1.54) is 19.0 Å². The zero-order chi connectivity index (χ0) is 17.2. The first kappa shape index (κ1) is 17.7. The number of anilines is 1. The maximum atomic E-state index is 12.1. The van der Waals surface area contributed by atoms with Gasteiger partial charge in [-0.05, 0) is 24.1 Å². The van der Waals surface area contributed by atoms with Crippen LogP contribution in [-0.4, -0.2) is 29.5 Å². The number of hydrogen-bond donors (Lipinski definition) is 2. The Hall–Kier alpha value is -2.63. The van der Waals surface area contributed by atoms with Crippen molar-refractivity contribution < 1.29 is 9.53 Å². The van der Waals surface area contributed by atoms with Crippen molar-refractivity contribution in [2.45, 2.75) is 32.7 Å². The fourth-order valence-corrected chi connectivity index (χ4v) is 2.14. The van der Waals surface area contributed by atoms with Gasteiger partial charge in [-0.3, -0.25) is 4.79 Å². The number of ether oxygens (including phenoxy) is 1. The lowest BCUT2D eigenvalue weighted by molar-refractivity contribution is 0.0945. The van der Waals surface area contributed by atoms with Gasteiger partial charge in [-0.2, -0.15) is 0 Å². The lowest BCUT2D eigenvalue weighted by Gasteiger charge is -2.07. The molecule has 0 aliphatic carbocycles. The van der Waals surface area contributed by atoms with Crippen LogP contribution in [0.25, 0.3) is 0 Å². The molecule has 1 amide bonds. The van der Waals surface area contributed by atoms with Crippen LogP contribution in [0.5, 0.6) is 5.75 Å². The van der Waals surface area contributed by atoms with Gasteiger partial charge in [0.25, 0.3) is 5.91 Å². The van der Waals surface area contributed by atoms with Crippen molar-refractivity contribution in [3.63, 3.8) is 0 Å². The summed E-state index contributed by atoms with van der Waals surface area (Å²) >= 11 is 0. The number of unbranched alkanes of at least 4 members (excludes halogenated alkanes) is 2. The number of carbonyl (C=O) groups excluding carboxylic acids is 1. The van der Waals surface area contributed by atoms with Crippen molar-refractivity contribution in [3.05, 3.63) is 47.9 Å². The molecule has 0 atom stereocenters. The molecule has 2 N–H and O–H groups in total. The van der Waals surface area contributed by atoms with Crippen LogP contribution in [0.3, 0.4) is 0 Å². The zero-order valence-electron chi connectivity index (χ0n) is 14.2. The summed E-state index contributed by atoms with van der Waals surface area (Å²) in [6, 6.07) is 7.54. The summed E-state index contributed by atoms with van der Waals surface area (Å²) < 4.78 is 5.11. The quantitative estimate of drug-likeness (QED) is 0.692. The highest BCUT2D eigenvalue weighted by molar-refractivity contribution is 5.91. The lowest BCUT2D eigenvalue weighted by atomic mass is 10.2. The van der Waals surface area contributed by atoms with Gasteiger partial charge in [-0.1, -0.05) is 31.9 Å². The van der Waals surface area contributed by atoms with Gasteiger partial charge in [-0.15, -0.1) is 0 Å². The normalized spacial score (nSPS) is 10.2. The molecule has 0 aliphatic heterocycles.